The molecule has 100 valence electrons. The molecule has 0 heterocycles. The maximum Gasteiger partial charge on any atom is 0.335 e. The van der Waals surface area contributed by atoms with Crippen LogP contribution in [0, 0.1) is 11.8 Å². The van der Waals surface area contributed by atoms with Gasteiger partial charge in [-0.3, -0.25) is 0 Å². The van der Waals surface area contributed by atoms with Crippen molar-refractivity contribution >= 4 is 5.97 Å². The van der Waals surface area contributed by atoms with Gasteiger partial charge in [-0.2, -0.15) is 0 Å². The lowest BCUT2D eigenvalue weighted by atomic mass is 9.80. The average molecular weight is 244 g/mol. The molecule has 1 saturated carbocycles. The van der Waals surface area contributed by atoms with Crippen LogP contribution in [0.3, 0.4) is 0 Å². The van der Waals surface area contributed by atoms with Crippen LogP contribution in [0.5, 0.6) is 0 Å². The van der Waals surface area contributed by atoms with Crippen molar-refractivity contribution in [1.29, 1.82) is 0 Å². The van der Waals surface area contributed by atoms with E-state index >= 15 is 0 Å². The minimum atomic E-state index is -0.941. The molecule has 4 unspecified atom stereocenters. The lowest BCUT2D eigenvalue weighted by Crippen LogP contribution is -2.34. The van der Waals surface area contributed by atoms with Crippen molar-refractivity contribution in [3.63, 3.8) is 0 Å². The maximum atomic E-state index is 10.9. The highest BCUT2D eigenvalue weighted by atomic mass is 16.6. The van der Waals surface area contributed by atoms with E-state index < -0.39 is 12.1 Å². The molecule has 0 saturated heterocycles. The van der Waals surface area contributed by atoms with Gasteiger partial charge in [0.2, 0.25) is 0 Å². The summed E-state index contributed by atoms with van der Waals surface area (Å²) in [6.07, 6.45) is 2.60. The maximum absolute atomic E-state index is 10.9. The van der Waals surface area contributed by atoms with E-state index in [0.717, 1.165) is 25.2 Å². The topological polar surface area (TPSA) is 55.8 Å². The molecule has 0 spiro atoms. The van der Waals surface area contributed by atoms with Crippen LogP contribution < -0.4 is 0 Å². The fraction of sp³-hybridized carbons (Fsp3) is 0.923. The summed E-state index contributed by atoms with van der Waals surface area (Å²) in [5.74, 6) is 0.463. The average Bonchev–Trinajstić information content (AvgIpc) is 2.28. The van der Waals surface area contributed by atoms with Gasteiger partial charge < -0.3 is 14.6 Å². The van der Waals surface area contributed by atoms with Gasteiger partial charge in [0, 0.05) is 6.61 Å². The van der Waals surface area contributed by atoms with Gasteiger partial charge >= 0.3 is 5.97 Å². The summed E-state index contributed by atoms with van der Waals surface area (Å²) in [5.41, 5.74) is 0. The SMILES string of the molecule is CCOC(COC1CCC(C)C(C)C1)C(=O)O. The predicted octanol–water partition coefficient (Wildman–Crippen LogP) is 2.32. The van der Waals surface area contributed by atoms with Gasteiger partial charge in [0.15, 0.2) is 6.10 Å². The van der Waals surface area contributed by atoms with Crippen LogP contribution in [-0.4, -0.2) is 36.5 Å². The van der Waals surface area contributed by atoms with Gasteiger partial charge in [0.25, 0.3) is 0 Å². The molecular formula is C13H24O4. The molecule has 17 heavy (non-hydrogen) atoms. The molecule has 1 N–H and O–H groups in total. The highest BCUT2D eigenvalue weighted by molar-refractivity contribution is 5.72. The second-order valence-corrected chi connectivity index (χ2v) is 5.01. The van der Waals surface area contributed by atoms with E-state index in [4.69, 9.17) is 14.6 Å². The zero-order valence-electron chi connectivity index (χ0n) is 11.0. The molecule has 0 aromatic carbocycles. The molecule has 1 aliphatic carbocycles. The molecule has 0 amide bonds. The van der Waals surface area contributed by atoms with Crippen molar-refractivity contribution in [2.45, 2.75) is 52.2 Å². The Morgan fingerprint density at radius 3 is 2.59 bits per heavy atom. The zero-order valence-corrected chi connectivity index (χ0v) is 11.0. The van der Waals surface area contributed by atoms with Gasteiger partial charge in [-0.1, -0.05) is 13.8 Å². The molecule has 1 aliphatic rings. The molecule has 1 fully saturated rings. The minimum Gasteiger partial charge on any atom is -0.479 e. The number of carbonyl (C=O) groups is 1. The first kappa shape index (κ1) is 14.5. The second-order valence-electron chi connectivity index (χ2n) is 5.01. The van der Waals surface area contributed by atoms with Crippen LogP contribution in [0.25, 0.3) is 0 Å². The Hall–Kier alpha value is -0.610. The first-order valence-corrected chi connectivity index (χ1v) is 6.50. The number of hydrogen-bond acceptors (Lipinski definition) is 3. The number of carboxylic acid groups (broad SMARTS) is 1. The standard InChI is InChI=1S/C13H24O4/c1-4-16-12(13(14)15)8-17-11-6-5-9(2)10(3)7-11/h9-12H,4-8H2,1-3H3,(H,14,15). The van der Waals surface area contributed by atoms with E-state index in [1.54, 1.807) is 6.92 Å². The Morgan fingerprint density at radius 1 is 1.35 bits per heavy atom. The van der Waals surface area contributed by atoms with Gasteiger partial charge in [0.1, 0.15) is 0 Å². The smallest absolute Gasteiger partial charge is 0.335 e. The minimum absolute atomic E-state index is 0.162. The van der Waals surface area contributed by atoms with Crippen LogP contribution in [0.2, 0.25) is 0 Å². The van der Waals surface area contributed by atoms with Gasteiger partial charge in [-0.15, -0.1) is 0 Å². The van der Waals surface area contributed by atoms with E-state index in [0.29, 0.717) is 12.5 Å². The number of hydrogen-bond donors (Lipinski definition) is 1. The van der Waals surface area contributed by atoms with Crippen molar-refractivity contribution < 1.29 is 19.4 Å². The highest BCUT2D eigenvalue weighted by Gasteiger charge is 2.27. The van der Waals surface area contributed by atoms with Crippen LogP contribution in [0.4, 0.5) is 0 Å². The monoisotopic (exact) mass is 244 g/mol. The molecule has 1 rings (SSSR count). The Morgan fingerprint density at radius 2 is 2.06 bits per heavy atom. The summed E-state index contributed by atoms with van der Waals surface area (Å²) < 4.78 is 10.8. The highest BCUT2D eigenvalue weighted by Crippen LogP contribution is 2.30. The third-order valence-electron chi connectivity index (χ3n) is 3.68. The van der Waals surface area contributed by atoms with E-state index in [-0.39, 0.29) is 12.7 Å². The first-order valence-electron chi connectivity index (χ1n) is 6.50. The van der Waals surface area contributed by atoms with Gasteiger partial charge in [-0.25, -0.2) is 4.79 Å². The quantitative estimate of drug-likeness (QED) is 0.779. The largest absolute Gasteiger partial charge is 0.479 e. The van der Waals surface area contributed by atoms with Crippen LogP contribution in [0.15, 0.2) is 0 Å². The van der Waals surface area contributed by atoms with Crippen LogP contribution in [0.1, 0.15) is 40.0 Å². The Kier molecular flexibility index (Phi) is 5.92. The molecular weight excluding hydrogens is 220 g/mol. The summed E-state index contributed by atoms with van der Waals surface area (Å²) in [4.78, 5) is 10.9. The van der Waals surface area contributed by atoms with E-state index in [1.165, 1.54) is 0 Å². The summed E-state index contributed by atoms with van der Waals surface area (Å²) in [6.45, 7) is 6.85. The summed E-state index contributed by atoms with van der Waals surface area (Å²) in [6, 6.07) is 0. The van der Waals surface area contributed by atoms with Crippen molar-refractivity contribution in [2.75, 3.05) is 13.2 Å². The Bertz CT molecular complexity index is 242. The Balaban J connectivity index is 2.31. The molecule has 4 atom stereocenters. The summed E-state index contributed by atoms with van der Waals surface area (Å²) in [7, 11) is 0. The number of rotatable bonds is 6. The fourth-order valence-electron chi connectivity index (χ4n) is 2.26. The van der Waals surface area contributed by atoms with Gasteiger partial charge in [-0.05, 0) is 38.0 Å². The normalized spacial score (nSPS) is 31.1. The molecule has 0 aromatic rings. The Labute approximate surface area is 103 Å². The predicted molar refractivity (Wildman–Crippen MR) is 65.0 cm³/mol. The molecule has 0 radical (unpaired) electrons. The van der Waals surface area contributed by atoms with Crippen molar-refractivity contribution in [2.24, 2.45) is 11.8 Å². The number of aliphatic carboxylic acids is 1. The fourth-order valence-corrected chi connectivity index (χ4v) is 2.26. The lowest BCUT2D eigenvalue weighted by Gasteiger charge is -2.32. The molecule has 0 bridgehead atoms. The van der Waals surface area contributed by atoms with E-state index in [2.05, 4.69) is 13.8 Å². The van der Waals surface area contributed by atoms with E-state index in [1.807, 2.05) is 0 Å². The van der Waals surface area contributed by atoms with Crippen molar-refractivity contribution in [3.8, 4) is 0 Å². The second kappa shape index (κ2) is 6.97. The lowest BCUT2D eigenvalue weighted by molar-refractivity contribution is -0.156. The van der Waals surface area contributed by atoms with Crippen LogP contribution >= 0.6 is 0 Å². The van der Waals surface area contributed by atoms with E-state index in [9.17, 15) is 4.79 Å². The third-order valence-corrected chi connectivity index (χ3v) is 3.68. The zero-order chi connectivity index (χ0) is 12.8. The summed E-state index contributed by atoms with van der Waals surface area (Å²) in [5, 5.41) is 8.92. The number of ether oxygens (including phenoxy) is 2. The van der Waals surface area contributed by atoms with Crippen molar-refractivity contribution in [1.82, 2.24) is 0 Å². The third kappa shape index (κ3) is 4.64. The van der Waals surface area contributed by atoms with Crippen molar-refractivity contribution in [3.05, 3.63) is 0 Å². The van der Waals surface area contributed by atoms with Gasteiger partial charge in [0.05, 0.1) is 12.7 Å². The number of carboxylic acids is 1. The molecule has 0 aliphatic heterocycles. The molecule has 0 aromatic heterocycles. The molecule has 4 heteroatoms. The summed E-state index contributed by atoms with van der Waals surface area (Å²) >= 11 is 0. The first-order chi connectivity index (χ1) is 8.04. The van der Waals surface area contributed by atoms with Crippen LogP contribution in [-0.2, 0) is 14.3 Å². The molecule has 4 nitrogen and oxygen atoms in total.